The Hall–Kier alpha value is -0.770. The molecule has 3 nitrogen and oxygen atoms in total. The van der Waals surface area contributed by atoms with Gasteiger partial charge < -0.3 is 10.6 Å². The number of hydrogen-bond acceptors (Lipinski definition) is 3. The molecular formula is C16H24ClN3. The summed E-state index contributed by atoms with van der Waals surface area (Å²) in [6.45, 7) is 6.41. The molecule has 2 aliphatic heterocycles. The fourth-order valence-electron chi connectivity index (χ4n) is 3.66. The van der Waals surface area contributed by atoms with Crippen LogP contribution in [0.4, 0.5) is 5.69 Å². The average Bonchev–Trinajstić information content (AvgIpc) is 2.46. The van der Waals surface area contributed by atoms with Gasteiger partial charge in [-0.1, -0.05) is 24.1 Å². The number of nitrogens with zero attached hydrogens (tertiary/aromatic N) is 2. The monoisotopic (exact) mass is 293 g/mol. The SMILES string of the molecule is CC1CN2CCCCC2CN1c1cc(Cl)ccc1CN. The van der Waals surface area contributed by atoms with E-state index in [2.05, 4.69) is 28.9 Å². The lowest BCUT2D eigenvalue weighted by atomic mass is 9.96. The van der Waals surface area contributed by atoms with Crippen LogP contribution < -0.4 is 10.6 Å². The Bertz CT molecular complexity index is 477. The number of piperidine rings is 1. The Morgan fingerprint density at radius 1 is 1.30 bits per heavy atom. The number of halogens is 1. The molecule has 0 saturated carbocycles. The summed E-state index contributed by atoms with van der Waals surface area (Å²) in [5.41, 5.74) is 8.34. The lowest BCUT2D eigenvalue weighted by Gasteiger charge is -2.49. The van der Waals surface area contributed by atoms with Crippen molar-refractivity contribution < 1.29 is 0 Å². The Kier molecular flexibility index (Phi) is 4.20. The number of nitrogens with two attached hydrogens (primary N) is 1. The maximum Gasteiger partial charge on any atom is 0.0430 e. The van der Waals surface area contributed by atoms with E-state index < -0.39 is 0 Å². The normalized spacial score (nSPS) is 27.4. The van der Waals surface area contributed by atoms with Crippen molar-refractivity contribution in [2.24, 2.45) is 5.73 Å². The smallest absolute Gasteiger partial charge is 0.0430 e. The van der Waals surface area contributed by atoms with Crippen molar-refractivity contribution in [2.75, 3.05) is 24.5 Å². The van der Waals surface area contributed by atoms with Crippen molar-refractivity contribution in [3.8, 4) is 0 Å². The largest absolute Gasteiger partial charge is 0.366 e. The van der Waals surface area contributed by atoms with Gasteiger partial charge >= 0.3 is 0 Å². The quantitative estimate of drug-likeness (QED) is 0.910. The van der Waals surface area contributed by atoms with Crippen LogP contribution in [0, 0.1) is 0 Å². The molecule has 3 rings (SSSR count). The average molecular weight is 294 g/mol. The molecule has 20 heavy (non-hydrogen) atoms. The molecule has 0 aliphatic carbocycles. The number of fused-ring (bicyclic) bond motifs is 1. The van der Waals surface area contributed by atoms with Crippen LogP contribution in [0.3, 0.4) is 0 Å². The van der Waals surface area contributed by atoms with E-state index in [4.69, 9.17) is 17.3 Å². The van der Waals surface area contributed by atoms with E-state index in [1.165, 1.54) is 37.1 Å². The van der Waals surface area contributed by atoms with Gasteiger partial charge in [0.05, 0.1) is 0 Å². The van der Waals surface area contributed by atoms with Crippen molar-refractivity contribution in [3.05, 3.63) is 28.8 Å². The minimum atomic E-state index is 0.521. The van der Waals surface area contributed by atoms with Gasteiger partial charge in [0.2, 0.25) is 0 Å². The fraction of sp³-hybridized carbons (Fsp3) is 0.625. The maximum atomic E-state index is 6.20. The van der Waals surface area contributed by atoms with E-state index in [-0.39, 0.29) is 0 Å². The minimum Gasteiger partial charge on any atom is -0.366 e. The number of hydrogen-bond donors (Lipinski definition) is 1. The molecule has 1 aromatic carbocycles. The molecule has 2 unspecified atom stereocenters. The lowest BCUT2D eigenvalue weighted by molar-refractivity contribution is 0.115. The summed E-state index contributed by atoms with van der Waals surface area (Å²) in [7, 11) is 0. The third-order valence-electron chi connectivity index (χ3n) is 4.76. The standard InChI is InChI=1S/C16H24ClN3/c1-12-10-19-7-3-2-4-15(19)11-20(12)16-8-14(17)6-5-13(16)9-18/h5-6,8,12,15H,2-4,7,9-11,18H2,1H3. The molecule has 0 bridgehead atoms. The maximum absolute atomic E-state index is 6.20. The third kappa shape index (κ3) is 2.67. The van der Waals surface area contributed by atoms with E-state index in [1.807, 2.05) is 6.07 Å². The summed E-state index contributed by atoms with van der Waals surface area (Å²) in [6, 6.07) is 7.31. The van der Waals surface area contributed by atoms with Gasteiger partial charge in [-0.3, -0.25) is 4.90 Å². The zero-order valence-electron chi connectivity index (χ0n) is 12.2. The van der Waals surface area contributed by atoms with Crippen LogP contribution >= 0.6 is 11.6 Å². The highest BCUT2D eigenvalue weighted by molar-refractivity contribution is 6.30. The summed E-state index contributed by atoms with van der Waals surface area (Å²) >= 11 is 6.20. The number of anilines is 1. The van der Waals surface area contributed by atoms with E-state index in [9.17, 15) is 0 Å². The van der Waals surface area contributed by atoms with Gasteiger partial charge in [0, 0.05) is 42.4 Å². The van der Waals surface area contributed by atoms with Crippen molar-refractivity contribution >= 4 is 17.3 Å². The molecule has 0 spiro atoms. The molecule has 0 amide bonds. The molecular weight excluding hydrogens is 270 g/mol. The summed E-state index contributed by atoms with van der Waals surface area (Å²) in [5.74, 6) is 0. The number of rotatable bonds is 2. The first-order valence-corrected chi connectivity index (χ1v) is 8.06. The highest BCUT2D eigenvalue weighted by Gasteiger charge is 2.33. The van der Waals surface area contributed by atoms with Gasteiger partial charge in [-0.2, -0.15) is 0 Å². The van der Waals surface area contributed by atoms with Crippen LogP contribution in [0.5, 0.6) is 0 Å². The minimum absolute atomic E-state index is 0.521. The molecule has 2 atom stereocenters. The van der Waals surface area contributed by atoms with Crippen molar-refractivity contribution in [1.82, 2.24) is 4.90 Å². The highest BCUT2D eigenvalue weighted by Crippen LogP contribution is 2.31. The Morgan fingerprint density at radius 3 is 2.95 bits per heavy atom. The van der Waals surface area contributed by atoms with Gasteiger partial charge in [0.15, 0.2) is 0 Å². The number of piperazine rings is 1. The zero-order chi connectivity index (χ0) is 14.1. The van der Waals surface area contributed by atoms with Gasteiger partial charge in [-0.25, -0.2) is 0 Å². The van der Waals surface area contributed by atoms with Crippen LogP contribution in [0.25, 0.3) is 0 Å². The fourth-order valence-corrected chi connectivity index (χ4v) is 3.83. The molecule has 1 aromatic rings. The molecule has 2 N–H and O–H groups in total. The van der Waals surface area contributed by atoms with Crippen molar-refractivity contribution in [2.45, 2.75) is 44.8 Å². The molecule has 2 fully saturated rings. The second-order valence-corrected chi connectivity index (χ2v) is 6.56. The van der Waals surface area contributed by atoms with Crippen molar-refractivity contribution in [1.29, 1.82) is 0 Å². The van der Waals surface area contributed by atoms with Crippen LogP contribution in [0.1, 0.15) is 31.7 Å². The third-order valence-corrected chi connectivity index (χ3v) is 5.00. The van der Waals surface area contributed by atoms with Crippen LogP contribution in [0.2, 0.25) is 5.02 Å². The molecule has 0 radical (unpaired) electrons. The molecule has 2 heterocycles. The summed E-state index contributed by atoms with van der Waals surface area (Å²) in [6.07, 6.45) is 4.04. The Morgan fingerprint density at radius 2 is 2.15 bits per heavy atom. The first-order chi connectivity index (χ1) is 9.69. The first-order valence-electron chi connectivity index (χ1n) is 7.68. The molecule has 0 aromatic heterocycles. The molecule has 110 valence electrons. The van der Waals surface area contributed by atoms with Crippen LogP contribution in [-0.4, -0.2) is 36.6 Å². The highest BCUT2D eigenvalue weighted by atomic mass is 35.5. The van der Waals surface area contributed by atoms with Gasteiger partial charge in [-0.15, -0.1) is 0 Å². The van der Waals surface area contributed by atoms with Crippen molar-refractivity contribution in [3.63, 3.8) is 0 Å². The Balaban J connectivity index is 1.87. The van der Waals surface area contributed by atoms with E-state index in [0.717, 1.165) is 18.1 Å². The summed E-state index contributed by atoms with van der Waals surface area (Å²) in [4.78, 5) is 5.18. The predicted octanol–water partition coefficient (Wildman–Crippen LogP) is 2.86. The molecule has 4 heteroatoms. The lowest BCUT2D eigenvalue weighted by Crippen LogP contribution is -2.59. The number of benzene rings is 1. The van der Waals surface area contributed by atoms with E-state index in [1.54, 1.807) is 0 Å². The Labute approximate surface area is 126 Å². The van der Waals surface area contributed by atoms with Crippen LogP contribution in [0.15, 0.2) is 18.2 Å². The summed E-state index contributed by atoms with van der Waals surface area (Å²) < 4.78 is 0. The first kappa shape index (κ1) is 14.2. The summed E-state index contributed by atoms with van der Waals surface area (Å²) in [5, 5.41) is 0.801. The predicted molar refractivity (Wildman–Crippen MR) is 85.4 cm³/mol. The topological polar surface area (TPSA) is 32.5 Å². The van der Waals surface area contributed by atoms with E-state index >= 15 is 0 Å². The van der Waals surface area contributed by atoms with Gasteiger partial charge in [0.1, 0.15) is 0 Å². The van der Waals surface area contributed by atoms with Gasteiger partial charge in [0.25, 0.3) is 0 Å². The zero-order valence-corrected chi connectivity index (χ0v) is 12.9. The van der Waals surface area contributed by atoms with Gasteiger partial charge in [-0.05, 0) is 44.0 Å². The second kappa shape index (κ2) is 5.92. The second-order valence-electron chi connectivity index (χ2n) is 6.12. The molecule has 2 aliphatic rings. The van der Waals surface area contributed by atoms with Crippen LogP contribution in [-0.2, 0) is 6.54 Å². The molecule has 2 saturated heterocycles. The van der Waals surface area contributed by atoms with E-state index in [0.29, 0.717) is 18.6 Å².